The van der Waals surface area contributed by atoms with Crippen LogP contribution >= 0.6 is 0 Å². The maximum Gasteiger partial charge on any atom is 0.240 e. The van der Waals surface area contributed by atoms with Gasteiger partial charge in [-0.1, -0.05) is 31.2 Å². The average molecular weight is 202 g/mol. The van der Waals surface area contributed by atoms with Crippen molar-refractivity contribution in [2.75, 3.05) is 5.73 Å². The molecule has 2 aromatic rings. The molecule has 0 spiro atoms. The minimum Gasteiger partial charge on any atom is -0.366 e. The molecule has 1 aromatic carbocycles. The van der Waals surface area contributed by atoms with Gasteiger partial charge in [0.15, 0.2) is 5.82 Å². The quantitative estimate of drug-likeness (QED) is 0.805. The summed E-state index contributed by atoms with van der Waals surface area (Å²) in [5.41, 5.74) is 7.88. The van der Waals surface area contributed by atoms with Crippen molar-refractivity contribution in [1.29, 1.82) is 0 Å². The van der Waals surface area contributed by atoms with Gasteiger partial charge in [0, 0.05) is 12.6 Å². The summed E-state index contributed by atoms with van der Waals surface area (Å²) >= 11 is 0. The number of nitrogens with zero attached hydrogens (tertiary/aromatic N) is 3. The largest absolute Gasteiger partial charge is 0.366 e. The van der Waals surface area contributed by atoms with E-state index in [2.05, 4.69) is 29.1 Å². The van der Waals surface area contributed by atoms with Gasteiger partial charge >= 0.3 is 0 Å². The molecule has 0 atom stereocenters. The third kappa shape index (κ3) is 1.83. The number of rotatable bonds is 2. The second-order valence-corrected chi connectivity index (χ2v) is 3.47. The van der Waals surface area contributed by atoms with Crippen molar-refractivity contribution in [2.24, 2.45) is 7.05 Å². The van der Waals surface area contributed by atoms with Crippen LogP contribution in [0.25, 0.3) is 11.4 Å². The highest BCUT2D eigenvalue weighted by Gasteiger charge is 2.06. The van der Waals surface area contributed by atoms with Gasteiger partial charge in [-0.25, -0.2) is 4.68 Å². The zero-order valence-electron chi connectivity index (χ0n) is 8.94. The summed E-state index contributed by atoms with van der Waals surface area (Å²) in [6, 6.07) is 8.28. The molecule has 0 saturated heterocycles. The van der Waals surface area contributed by atoms with Crippen molar-refractivity contribution in [1.82, 2.24) is 14.8 Å². The molecule has 0 bridgehead atoms. The minimum absolute atomic E-state index is 0.312. The van der Waals surface area contributed by atoms with E-state index in [1.807, 2.05) is 19.2 Å². The highest BCUT2D eigenvalue weighted by molar-refractivity contribution is 5.56. The Morgan fingerprint density at radius 2 is 1.93 bits per heavy atom. The van der Waals surface area contributed by atoms with Crippen LogP contribution in [0.1, 0.15) is 12.5 Å². The van der Waals surface area contributed by atoms with Crippen LogP contribution in [0, 0.1) is 0 Å². The lowest BCUT2D eigenvalue weighted by molar-refractivity contribution is 0.778. The lowest BCUT2D eigenvalue weighted by atomic mass is 10.1. The average Bonchev–Trinajstić information content (AvgIpc) is 2.58. The van der Waals surface area contributed by atoms with E-state index in [0.717, 1.165) is 17.8 Å². The molecule has 1 aromatic heterocycles. The molecule has 0 saturated carbocycles. The number of anilines is 1. The van der Waals surface area contributed by atoms with Crippen LogP contribution in [0.2, 0.25) is 0 Å². The Bertz CT molecular complexity index is 456. The molecule has 0 aliphatic heterocycles. The number of nitrogen functional groups attached to an aromatic ring is 1. The number of nitrogens with two attached hydrogens (primary N) is 1. The first-order valence-electron chi connectivity index (χ1n) is 4.96. The van der Waals surface area contributed by atoms with Crippen molar-refractivity contribution in [3.63, 3.8) is 0 Å². The summed E-state index contributed by atoms with van der Waals surface area (Å²) in [4.78, 5) is 4.17. The molecule has 4 heteroatoms. The summed E-state index contributed by atoms with van der Waals surface area (Å²) in [5, 5.41) is 4.01. The Hall–Kier alpha value is -1.84. The molecule has 0 radical (unpaired) electrons. The Balaban J connectivity index is 2.41. The van der Waals surface area contributed by atoms with Gasteiger partial charge in [-0.3, -0.25) is 0 Å². The van der Waals surface area contributed by atoms with Gasteiger partial charge in [0.1, 0.15) is 0 Å². The molecule has 0 amide bonds. The highest BCUT2D eigenvalue weighted by Crippen LogP contribution is 2.17. The van der Waals surface area contributed by atoms with Gasteiger partial charge < -0.3 is 5.73 Å². The first-order valence-corrected chi connectivity index (χ1v) is 4.96. The molecule has 1 heterocycles. The highest BCUT2D eigenvalue weighted by atomic mass is 15.4. The SMILES string of the molecule is CCc1ccc(-c2nc(N)nn2C)cc1. The molecular weight excluding hydrogens is 188 g/mol. The van der Waals surface area contributed by atoms with Gasteiger partial charge in [0.25, 0.3) is 0 Å². The van der Waals surface area contributed by atoms with Gasteiger partial charge in [0.05, 0.1) is 0 Å². The van der Waals surface area contributed by atoms with Gasteiger partial charge in [-0.15, -0.1) is 5.10 Å². The lowest BCUT2D eigenvalue weighted by Gasteiger charge is -2.01. The summed E-state index contributed by atoms with van der Waals surface area (Å²) in [6.07, 6.45) is 1.04. The Labute approximate surface area is 88.8 Å². The molecule has 0 aliphatic carbocycles. The van der Waals surface area contributed by atoms with Crippen molar-refractivity contribution >= 4 is 5.95 Å². The van der Waals surface area contributed by atoms with E-state index >= 15 is 0 Å². The van der Waals surface area contributed by atoms with E-state index < -0.39 is 0 Å². The fraction of sp³-hybridized carbons (Fsp3) is 0.273. The van der Waals surface area contributed by atoms with Crippen molar-refractivity contribution in [2.45, 2.75) is 13.3 Å². The number of benzene rings is 1. The van der Waals surface area contributed by atoms with Crippen LogP contribution in [-0.4, -0.2) is 14.8 Å². The monoisotopic (exact) mass is 202 g/mol. The van der Waals surface area contributed by atoms with E-state index in [9.17, 15) is 0 Å². The van der Waals surface area contributed by atoms with Crippen molar-refractivity contribution in [3.8, 4) is 11.4 Å². The van der Waals surface area contributed by atoms with E-state index in [1.54, 1.807) is 4.68 Å². The van der Waals surface area contributed by atoms with E-state index in [4.69, 9.17) is 5.73 Å². The third-order valence-corrected chi connectivity index (χ3v) is 2.40. The zero-order valence-corrected chi connectivity index (χ0v) is 8.94. The fourth-order valence-electron chi connectivity index (χ4n) is 1.55. The summed E-state index contributed by atoms with van der Waals surface area (Å²) in [7, 11) is 1.84. The molecule has 4 nitrogen and oxygen atoms in total. The minimum atomic E-state index is 0.312. The number of hydrogen-bond acceptors (Lipinski definition) is 3. The van der Waals surface area contributed by atoms with Crippen LogP contribution in [0.15, 0.2) is 24.3 Å². The second kappa shape index (κ2) is 3.73. The van der Waals surface area contributed by atoms with E-state index in [0.29, 0.717) is 5.95 Å². The normalized spacial score (nSPS) is 10.5. The van der Waals surface area contributed by atoms with Crippen LogP contribution in [-0.2, 0) is 13.5 Å². The molecule has 0 fully saturated rings. The molecule has 15 heavy (non-hydrogen) atoms. The van der Waals surface area contributed by atoms with Crippen molar-refractivity contribution < 1.29 is 0 Å². The third-order valence-electron chi connectivity index (χ3n) is 2.40. The Morgan fingerprint density at radius 1 is 1.27 bits per heavy atom. The smallest absolute Gasteiger partial charge is 0.240 e. The Morgan fingerprint density at radius 3 is 2.40 bits per heavy atom. The first kappa shape index (κ1) is 9.71. The summed E-state index contributed by atoms with van der Waals surface area (Å²) in [6.45, 7) is 2.13. The van der Waals surface area contributed by atoms with Crippen LogP contribution in [0.5, 0.6) is 0 Å². The predicted octanol–water partition coefficient (Wildman–Crippen LogP) is 1.63. The maximum atomic E-state index is 5.53. The van der Waals surface area contributed by atoms with Crippen LogP contribution in [0.4, 0.5) is 5.95 Å². The number of aromatic nitrogens is 3. The van der Waals surface area contributed by atoms with Gasteiger partial charge in [-0.2, -0.15) is 4.98 Å². The summed E-state index contributed by atoms with van der Waals surface area (Å²) in [5.74, 6) is 1.11. The maximum absolute atomic E-state index is 5.53. The predicted molar refractivity (Wildman–Crippen MR) is 60.2 cm³/mol. The number of aryl methyl sites for hydroxylation is 2. The molecule has 2 rings (SSSR count). The zero-order chi connectivity index (χ0) is 10.8. The lowest BCUT2D eigenvalue weighted by Crippen LogP contribution is -1.94. The standard InChI is InChI=1S/C11H14N4/c1-3-8-4-6-9(7-5-8)10-13-11(12)14-15(10)2/h4-7H,3H2,1-2H3,(H2,12,14). The van der Waals surface area contributed by atoms with Crippen LogP contribution < -0.4 is 5.73 Å². The van der Waals surface area contributed by atoms with Crippen molar-refractivity contribution in [3.05, 3.63) is 29.8 Å². The second-order valence-electron chi connectivity index (χ2n) is 3.47. The van der Waals surface area contributed by atoms with E-state index in [-0.39, 0.29) is 0 Å². The van der Waals surface area contributed by atoms with E-state index in [1.165, 1.54) is 5.56 Å². The fourth-order valence-corrected chi connectivity index (χ4v) is 1.55. The molecule has 0 aliphatic rings. The van der Waals surface area contributed by atoms with Crippen LogP contribution in [0.3, 0.4) is 0 Å². The topological polar surface area (TPSA) is 56.7 Å². The number of hydrogen-bond donors (Lipinski definition) is 1. The van der Waals surface area contributed by atoms with Gasteiger partial charge in [-0.05, 0) is 12.0 Å². The molecular formula is C11H14N4. The summed E-state index contributed by atoms with van der Waals surface area (Å²) < 4.78 is 1.69. The first-order chi connectivity index (χ1) is 7.20. The molecule has 2 N–H and O–H groups in total. The molecule has 78 valence electrons. The molecule has 0 unspecified atom stereocenters. The van der Waals surface area contributed by atoms with Gasteiger partial charge in [0.2, 0.25) is 5.95 Å². The Kier molecular flexibility index (Phi) is 2.41.